The van der Waals surface area contributed by atoms with Crippen LogP contribution in [-0.4, -0.2) is 48.3 Å². The molecule has 1 saturated heterocycles. The predicted octanol–water partition coefficient (Wildman–Crippen LogP) is 2.60. The Balaban J connectivity index is 2.14. The fourth-order valence-electron chi connectivity index (χ4n) is 2.83. The number of rotatable bonds is 4. The van der Waals surface area contributed by atoms with Gasteiger partial charge < -0.3 is 5.32 Å². The molecule has 8 heteroatoms. The van der Waals surface area contributed by atoms with Crippen LogP contribution < -0.4 is 10.7 Å². The summed E-state index contributed by atoms with van der Waals surface area (Å²) in [6.07, 6.45) is -1.50. The molecule has 2 rings (SSSR count). The van der Waals surface area contributed by atoms with Crippen LogP contribution in [0.5, 0.6) is 0 Å². The number of hydrogen-bond donors (Lipinski definition) is 2. The average molecular weight is 350 g/mol. The highest BCUT2D eigenvalue weighted by atomic mass is 32.2. The van der Waals surface area contributed by atoms with Crippen molar-refractivity contribution >= 4 is 16.5 Å². The van der Waals surface area contributed by atoms with Gasteiger partial charge in [0.1, 0.15) is 0 Å². The molecule has 1 atom stereocenters. The number of halogens is 3. The first-order valence-corrected chi connectivity index (χ1v) is 9.05. The van der Waals surface area contributed by atoms with Crippen LogP contribution in [-0.2, 0) is 17.0 Å². The van der Waals surface area contributed by atoms with Crippen molar-refractivity contribution in [3.63, 3.8) is 0 Å². The molecule has 1 heterocycles. The molecule has 0 saturated carbocycles. The van der Waals surface area contributed by atoms with E-state index in [2.05, 4.69) is 17.8 Å². The van der Waals surface area contributed by atoms with Gasteiger partial charge in [-0.1, -0.05) is 0 Å². The molecule has 1 unspecified atom stereocenters. The Hall–Kier alpha value is -1.12. The van der Waals surface area contributed by atoms with Gasteiger partial charge in [-0.3, -0.25) is 4.21 Å². The summed E-state index contributed by atoms with van der Waals surface area (Å²) >= 11 is 0. The number of piperidine rings is 1. The van der Waals surface area contributed by atoms with Crippen molar-refractivity contribution in [2.45, 2.75) is 30.0 Å². The van der Waals surface area contributed by atoms with Crippen molar-refractivity contribution in [3.05, 3.63) is 23.8 Å². The number of quaternary nitrogens is 1. The van der Waals surface area contributed by atoms with Gasteiger partial charge in [0.2, 0.25) is 0 Å². The molecule has 0 aliphatic carbocycles. The zero-order chi connectivity index (χ0) is 17.3. The lowest BCUT2D eigenvalue weighted by Gasteiger charge is -2.39. The summed E-state index contributed by atoms with van der Waals surface area (Å²) in [6.45, 7) is 1.83. The van der Waals surface area contributed by atoms with Crippen LogP contribution in [0.25, 0.3) is 0 Å². The molecule has 1 aliphatic rings. The number of nitrogens with zero attached hydrogens (tertiary/aromatic N) is 1. The minimum absolute atomic E-state index is 0.147. The van der Waals surface area contributed by atoms with E-state index in [1.807, 2.05) is 7.05 Å². The third-order valence-corrected chi connectivity index (χ3v) is 5.42. The van der Waals surface area contributed by atoms with E-state index in [4.69, 9.17) is 0 Å². The standard InChI is InChI=1S/C15H23F3N3OS/c1-19-21(2)8-6-11(7-9-21)20-12-4-5-14(23(3)22)13(10-12)15(16,17)18/h4-5,10-11,19-20H,6-9H2,1-3H3/q+1. The van der Waals surface area contributed by atoms with Crippen LogP contribution in [0.1, 0.15) is 18.4 Å². The maximum atomic E-state index is 13.1. The molecule has 1 fully saturated rings. The molecule has 1 aromatic rings. The minimum atomic E-state index is -4.51. The summed E-state index contributed by atoms with van der Waals surface area (Å²) < 4.78 is 51.7. The van der Waals surface area contributed by atoms with Crippen LogP contribution >= 0.6 is 0 Å². The zero-order valence-electron chi connectivity index (χ0n) is 13.5. The molecule has 0 aromatic heterocycles. The predicted molar refractivity (Wildman–Crippen MR) is 85.4 cm³/mol. The van der Waals surface area contributed by atoms with E-state index in [0.717, 1.165) is 36.6 Å². The summed E-state index contributed by atoms with van der Waals surface area (Å²) in [7, 11) is 2.34. The van der Waals surface area contributed by atoms with Crippen LogP contribution in [0.3, 0.4) is 0 Å². The largest absolute Gasteiger partial charge is 0.417 e. The van der Waals surface area contributed by atoms with Gasteiger partial charge in [-0.05, 0) is 18.2 Å². The molecule has 0 bridgehead atoms. The second-order valence-corrected chi connectivity index (χ2v) is 7.50. The third kappa shape index (κ3) is 4.45. The first kappa shape index (κ1) is 18.2. The molecular formula is C15H23F3N3OS+. The summed E-state index contributed by atoms with van der Waals surface area (Å²) in [6, 6.07) is 4.09. The lowest BCUT2D eigenvalue weighted by molar-refractivity contribution is -0.954. The highest BCUT2D eigenvalue weighted by Gasteiger charge is 2.35. The van der Waals surface area contributed by atoms with Gasteiger partial charge in [-0.25, -0.2) is 4.59 Å². The van der Waals surface area contributed by atoms with E-state index in [1.165, 1.54) is 12.3 Å². The van der Waals surface area contributed by atoms with Crippen LogP contribution in [0.2, 0.25) is 0 Å². The van der Waals surface area contributed by atoms with E-state index in [-0.39, 0.29) is 10.9 Å². The monoisotopic (exact) mass is 350 g/mol. The number of hydrogen-bond acceptors (Lipinski definition) is 3. The molecule has 0 radical (unpaired) electrons. The van der Waals surface area contributed by atoms with Gasteiger partial charge in [-0.15, -0.1) is 0 Å². The molecule has 23 heavy (non-hydrogen) atoms. The lowest BCUT2D eigenvalue weighted by Crippen LogP contribution is -2.58. The number of benzene rings is 1. The quantitative estimate of drug-likeness (QED) is 0.820. The van der Waals surface area contributed by atoms with Gasteiger partial charge in [0.25, 0.3) is 0 Å². The average Bonchev–Trinajstić information content (AvgIpc) is 2.49. The van der Waals surface area contributed by atoms with Gasteiger partial charge in [0.15, 0.2) is 0 Å². The second kappa shape index (κ2) is 6.78. The molecule has 1 aliphatic heterocycles. The van der Waals surface area contributed by atoms with Crippen molar-refractivity contribution in [1.29, 1.82) is 0 Å². The van der Waals surface area contributed by atoms with Gasteiger partial charge >= 0.3 is 6.18 Å². The van der Waals surface area contributed by atoms with Crippen molar-refractivity contribution in [2.75, 3.05) is 38.8 Å². The van der Waals surface area contributed by atoms with Gasteiger partial charge in [0, 0.05) is 37.9 Å². The van der Waals surface area contributed by atoms with Crippen molar-refractivity contribution < 1.29 is 22.0 Å². The summed E-state index contributed by atoms with van der Waals surface area (Å²) in [5.41, 5.74) is 2.84. The van der Waals surface area contributed by atoms with Crippen molar-refractivity contribution in [3.8, 4) is 0 Å². The molecule has 2 N–H and O–H groups in total. The van der Waals surface area contributed by atoms with E-state index in [1.54, 1.807) is 6.07 Å². The molecule has 0 spiro atoms. The van der Waals surface area contributed by atoms with Crippen LogP contribution in [0, 0.1) is 0 Å². The number of anilines is 1. The van der Waals surface area contributed by atoms with Crippen LogP contribution in [0.15, 0.2) is 23.1 Å². The topological polar surface area (TPSA) is 41.1 Å². The number of likely N-dealkylation sites (tertiary alicyclic amines) is 1. The SMILES string of the molecule is CN[N+]1(C)CCC(Nc2ccc(S(C)=O)c(C(F)(F)F)c2)CC1. The van der Waals surface area contributed by atoms with E-state index >= 15 is 0 Å². The molecule has 4 nitrogen and oxygen atoms in total. The summed E-state index contributed by atoms with van der Waals surface area (Å²) in [5.74, 6) is 0. The molecular weight excluding hydrogens is 327 g/mol. The first-order valence-electron chi connectivity index (χ1n) is 7.49. The van der Waals surface area contributed by atoms with E-state index in [0.29, 0.717) is 5.69 Å². The Kier molecular flexibility index (Phi) is 5.37. The highest BCUT2D eigenvalue weighted by molar-refractivity contribution is 7.84. The highest BCUT2D eigenvalue weighted by Crippen LogP contribution is 2.35. The Morgan fingerprint density at radius 1 is 1.26 bits per heavy atom. The fraction of sp³-hybridized carbons (Fsp3) is 0.600. The normalized spacial score (nSPS) is 26.8. The molecule has 0 amide bonds. The van der Waals surface area contributed by atoms with E-state index in [9.17, 15) is 17.4 Å². The Morgan fingerprint density at radius 2 is 1.87 bits per heavy atom. The molecule has 130 valence electrons. The van der Waals surface area contributed by atoms with Crippen molar-refractivity contribution in [2.24, 2.45) is 0 Å². The summed E-state index contributed by atoms with van der Waals surface area (Å²) in [4.78, 5) is -0.175. The third-order valence-electron chi connectivity index (χ3n) is 4.45. The smallest absolute Gasteiger partial charge is 0.382 e. The maximum absolute atomic E-state index is 13.1. The fourth-order valence-corrected chi connectivity index (χ4v) is 3.58. The van der Waals surface area contributed by atoms with Crippen molar-refractivity contribution in [1.82, 2.24) is 5.43 Å². The first-order chi connectivity index (χ1) is 10.6. The minimum Gasteiger partial charge on any atom is -0.382 e. The Bertz CT molecular complexity index is 584. The second-order valence-electron chi connectivity index (χ2n) is 6.15. The number of nitrogens with one attached hydrogen (secondary N) is 2. The maximum Gasteiger partial charge on any atom is 0.417 e. The van der Waals surface area contributed by atoms with Gasteiger partial charge in [0.05, 0.1) is 41.4 Å². The Morgan fingerprint density at radius 3 is 2.35 bits per heavy atom. The van der Waals surface area contributed by atoms with E-state index < -0.39 is 22.5 Å². The Labute approximate surface area is 137 Å². The molecule has 1 aromatic carbocycles. The van der Waals surface area contributed by atoms with Gasteiger partial charge in [-0.2, -0.15) is 18.6 Å². The lowest BCUT2D eigenvalue weighted by atomic mass is 10.0. The number of alkyl halides is 3. The zero-order valence-corrected chi connectivity index (χ0v) is 14.4. The van der Waals surface area contributed by atoms with Crippen LogP contribution in [0.4, 0.5) is 18.9 Å². The summed E-state index contributed by atoms with van der Waals surface area (Å²) in [5, 5.41) is 3.18.